The molecule has 1 saturated heterocycles. The molecule has 162 valence electrons. The zero-order chi connectivity index (χ0) is 21.6. The Bertz CT molecular complexity index is 1250. The molecule has 1 aliphatic heterocycles. The van der Waals surface area contributed by atoms with Crippen LogP contribution in [0.15, 0.2) is 41.3 Å². The van der Waals surface area contributed by atoms with Gasteiger partial charge in [0.1, 0.15) is 11.6 Å². The number of piperazine rings is 1. The molecule has 1 aromatic heterocycles. The number of hydrogen-bond donors (Lipinski definition) is 0. The highest BCUT2D eigenvalue weighted by Crippen LogP contribution is 2.36. The Morgan fingerprint density at radius 2 is 1.84 bits per heavy atom. The number of sulfonamides is 1. The second kappa shape index (κ2) is 7.76. The van der Waals surface area contributed by atoms with E-state index in [1.165, 1.54) is 5.56 Å². The van der Waals surface area contributed by atoms with Crippen molar-refractivity contribution >= 4 is 26.6 Å². The fourth-order valence-electron chi connectivity index (χ4n) is 4.68. The van der Waals surface area contributed by atoms with E-state index in [0.29, 0.717) is 49.4 Å². The summed E-state index contributed by atoms with van der Waals surface area (Å²) in [5.41, 5.74) is 2.22. The molecule has 0 unspecified atom stereocenters. The van der Waals surface area contributed by atoms with E-state index in [1.54, 1.807) is 10.4 Å². The largest absolute Gasteiger partial charge is 0.478 e. The van der Waals surface area contributed by atoms with Crippen LogP contribution in [0, 0.1) is 6.92 Å². The van der Waals surface area contributed by atoms with Crippen LogP contribution in [0.5, 0.6) is 5.88 Å². The summed E-state index contributed by atoms with van der Waals surface area (Å²) >= 11 is 0. The van der Waals surface area contributed by atoms with Crippen molar-refractivity contribution in [3.63, 3.8) is 0 Å². The molecular formula is C23H26N4O3S. The van der Waals surface area contributed by atoms with Crippen molar-refractivity contribution in [2.45, 2.75) is 31.6 Å². The van der Waals surface area contributed by atoms with Gasteiger partial charge in [-0.3, -0.25) is 0 Å². The average molecular weight is 439 g/mol. The van der Waals surface area contributed by atoms with Gasteiger partial charge in [0, 0.05) is 32.2 Å². The summed E-state index contributed by atoms with van der Waals surface area (Å²) in [6, 6.07) is 11.8. The average Bonchev–Trinajstić information content (AvgIpc) is 3.19. The molecule has 8 heteroatoms. The number of ether oxygens (including phenoxy) is 1. The number of aromatic nitrogens is 2. The minimum Gasteiger partial charge on any atom is -0.478 e. The Morgan fingerprint density at radius 1 is 1.03 bits per heavy atom. The number of anilines is 1. The van der Waals surface area contributed by atoms with E-state index in [2.05, 4.69) is 27.0 Å². The van der Waals surface area contributed by atoms with Crippen LogP contribution in [0.2, 0.25) is 0 Å². The lowest BCUT2D eigenvalue weighted by Crippen LogP contribution is -2.49. The Kier molecular flexibility index (Phi) is 5.06. The summed E-state index contributed by atoms with van der Waals surface area (Å²) in [5, 5.41) is 2.25. The number of rotatable bonds is 5. The van der Waals surface area contributed by atoms with Crippen LogP contribution < -0.4 is 9.64 Å². The smallest absolute Gasteiger partial charge is 0.243 e. The molecule has 0 saturated carbocycles. The third kappa shape index (κ3) is 3.53. The summed E-state index contributed by atoms with van der Waals surface area (Å²) in [6.07, 6.45) is 1.69. The Balaban J connectivity index is 1.39. The molecule has 1 fully saturated rings. The third-order valence-corrected chi connectivity index (χ3v) is 8.10. The van der Waals surface area contributed by atoms with E-state index < -0.39 is 10.0 Å². The summed E-state index contributed by atoms with van der Waals surface area (Å²) in [7, 11) is -3.54. The van der Waals surface area contributed by atoms with Gasteiger partial charge in [-0.15, -0.1) is 0 Å². The first-order valence-corrected chi connectivity index (χ1v) is 12.2. The van der Waals surface area contributed by atoms with Crippen molar-refractivity contribution in [3.05, 3.63) is 53.3 Å². The Morgan fingerprint density at radius 3 is 2.61 bits per heavy atom. The van der Waals surface area contributed by atoms with Crippen LogP contribution in [0.25, 0.3) is 10.8 Å². The monoisotopic (exact) mass is 438 g/mol. The van der Waals surface area contributed by atoms with Crippen molar-refractivity contribution < 1.29 is 13.2 Å². The lowest BCUT2D eigenvalue weighted by molar-refractivity contribution is 0.325. The molecule has 1 aliphatic carbocycles. The van der Waals surface area contributed by atoms with Gasteiger partial charge in [-0.1, -0.05) is 24.3 Å². The summed E-state index contributed by atoms with van der Waals surface area (Å²) in [5.74, 6) is 1.98. The molecule has 0 amide bonds. The fraction of sp³-hybridized carbons (Fsp3) is 0.391. The van der Waals surface area contributed by atoms with Gasteiger partial charge >= 0.3 is 0 Å². The molecule has 0 spiro atoms. The van der Waals surface area contributed by atoms with Gasteiger partial charge in [-0.25, -0.2) is 13.4 Å². The standard InChI is InChI=1S/C23H26N4O3S/c1-3-30-22-15-21(24-16(2)25-22)26-11-13-27(14-12-26)31(28,29)20-10-8-18-6-4-5-17-7-9-19(20)23(17)18/h4-6,8,10,15H,3,7,9,11-14H2,1-2H3. The van der Waals surface area contributed by atoms with Gasteiger partial charge in [0.25, 0.3) is 0 Å². The fourth-order valence-corrected chi connectivity index (χ4v) is 6.36. The number of aryl methyl sites for hydroxylation is 3. The molecular weight excluding hydrogens is 412 g/mol. The van der Waals surface area contributed by atoms with Crippen LogP contribution in [0.1, 0.15) is 23.9 Å². The van der Waals surface area contributed by atoms with Gasteiger partial charge in [0.15, 0.2) is 0 Å². The molecule has 2 aliphatic rings. The van der Waals surface area contributed by atoms with Gasteiger partial charge < -0.3 is 9.64 Å². The maximum Gasteiger partial charge on any atom is 0.243 e. The lowest BCUT2D eigenvalue weighted by atomic mass is 10.1. The first kappa shape index (κ1) is 20.2. The zero-order valence-electron chi connectivity index (χ0n) is 17.8. The van der Waals surface area contributed by atoms with Crippen molar-refractivity contribution in [1.29, 1.82) is 0 Å². The van der Waals surface area contributed by atoms with Crippen LogP contribution >= 0.6 is 0 Å². The lowest BCUT2D eigenvalue weighted by Gasteiger charge is -2.35. The van der Waals surface area contributed by atoms with E-state index in [-0.39, 0.29) is 0 Å². The van der Waals surface area contributed by atoms with Crippen molar-refractivity contribution in [3.8, 4) is 5.88 Å². The molecule has 0 bridgehead atoms. The van der Waals surface area contributed by atoms with Gasteiger partial charge in [0.2, 0.25) is 15.9 Å². The van der Waals surface area contributed by atoms with Gasteiger partial charge in [0.05, 0.1) is 11.5 Å². The zero-order valence-corrected chi connectivity index (χ0v) is 18.7. The first-order valence-electron chi connectivity index (χ1n) is 10.7. The predicted octanol–water partition coefficient (Wildman–Crippen LogP) is 2.95. The molecule has 0 atom stereocenters. The van der Waals surface area contributed by atoms with Crippen LogP contribution in [-0.4, -0.2) is 55.5 Å². The molecule has 5 rings (SSSR count). The highest BCUT2D eigenvalue weighted by molar-refractivity contribution is 7.89. The second-order valence-corrected chi connectivity index (χ2v) is 9.90. The Hall–Kier alpha value is -2.71. The number of benzene rings is 2. The van der Waals surface area contributed by atoms with Gasteiger partial charge in [-0.2, -0.15) is 9.29 Å². The van der Waals surface area contributed by atoms with Crippen molar-refractivity contribution in [2.24, 2.45) is 0 Å². The molecule has 31 heavy (non-hydrogen) atoms. The predicted molar refractivity (Wildman–Crippen MR) is 120 cm³/mol. The second-order valence-electron chi connectivity index (χ2n) is 7.99. The topological polar surface area (TPSA) is 75.6 Å². The van der Waals surface area contributed by atoms with Crippen LogP contribution in [0.4, 0.5) is 5.82 Å². The highest BCUT2D eigenvalue weighted by atomic mass is 32.2. The summed E-state index contributed by atoms with van der Waals surface area (Å²) in [6.45, 7) is 6.30. The minimum absolute atomic E-state index is 0.425. The molecule has 2 aromatic carbocycles. The Labute approximate surface area is 182 Å². The van der Waals surface area contributed by atoms with E-state index in [0.717, 1.165) is 35.0 Å². The van der Waals surface area contributed by atoms with Crippen LogP contribution in [0.3, 0.4) is 0 Å². The number of hydrogen-bond acceptors (Lipinski definition) is 6. The molecule has 7 nitrogen and oxygen atoms in total. The molecule has 2 heterocycles. The maximum atomic E-state index is 13.5. The molecule has 0 radical (unpaired) electrons. The van der Waals surface area contributed by atoms with E-state index in [9.17, 15) is 8.42 Å². The van der Waals surface area contributed by atoms with Crippen LogP contribution in [-0.2, 0) is 22.9 Å². The quantitative estimate of drug-likeness (QED) is 0.610. The maximum absolute atomic E-state index is 13.5. The summed E-state index contributed by atoms with van der Waals surface area (Å²) < 4.78 is 34.2. The minimum atomic E-state index is -3.54. The van der Waals surface area contributed by atoms with Crippen molar-refractivity contribution in [1.82, 2.24) is 14.3 Å². The molecule has 0 N–H and O–H groups in total. The first-order chi connectivity index (χ1) is 15.0. The normalized spacial score (nSPS) is 16.8. The molecule has 3 aromatic rings. The van der Waals surface area contributed by atoms with Crippen molar-refractivity contribution in [2.75, 3.05) is 37.7 Å². The number of nitrogens with zero attached hydrogens (tertiary/aromatic N) is 4. The highest BCUT2D eigenvalue weighted by Gasteiger charge is 2.32. The van der Waals surface area contributed by atoms with Gasteiger partial charge in [-0.05, 0) is 54.7 Å². The van der Waals surface area contributed by atoms with E-state index in [4.69, 9.17) is 4.74 Å². The van der Waals surface area contributed by atoms with E-state index in [1.807, 2.05) is 32.0 Å². The third-order valence-electron chi connectivity index (χ3n) is 6.11. The SMILES string of the molecule is CCOc1cc(N2CCN(S(=O)(=O)c3ccc4cccc5c4c3CC5)CC2)nc(C)n1. The van der Waals surface area contributed by atoms with E-state index >= 15 is 0 Å². The summed E-state index contributed by atoms with van der Waals surface area (Å²) in [4.78, 5) is 11.4.